The van der Waals surface area contributed by atoms with Gasteiger partial charge in [0.25, 0.3) is 0 Å². The van der Waals surface area contributed by atoms with Gasteiger partial charge in [-0.3, -0.25) is 13.9 Å². The molecule has 4 rings (SSSR count). The minimum atomic E-state index is -3.77. The van der Waals surface area contributed by atoms with E-state index in [0.29, 0.717) is 12.1 Å². The van der Waals surface area contributed by atoms with Crippen LogP contribution in [0.25, 0.3) is 0 Å². The second-order valence-corrected chi connectivity index (χ2v) is 12.8. The lowest BCUT2D eigenvalue weighted by atomic mass is 10.0. The average molecular weight is 613 g/mol. The Morgan fingerprint density at radius 2 is 1.54 bits per heavy atom. The van der Waals surface area contributed by atoms with Crippen LogP contribution >= 0.6 is 15.9 Å². The van der Waals surface area contributed by atoms with Gasteiger partial charge in [-0.25, -0.2) is 8.42 Å². The van der Waals surface area contributed by atoms with Crippen molar-refractivity contribution in [3.8, 4) is 0 Å². The summed E-state index contributed by atoms with van der Waals surface area (Å²) in [4.78, 5) is 29.4. The summed E-state index contributed by atoms with van der Waals surface area (Å²) in [5.74, 6) is -0.675. The zero-order valence-electron chi connectivity index (χ0n) is 22.0. The number of para-hydroxylation sites is 1. The molecule has 1 atom stereocenters. The summed E-state index contributed by atoms with van der Waals surface area (Å²) in [6.07, 6.45) is 5.35. The van der Waals surface area contributed by atoms with E-state index in [0.717, 1.165) is 51.8 Å². The molecule has 9 heteroatoms. The number of halogens is 1. The maximum atomic E-state index is 14.1. The van der Waals surface area contributed by atoms with Crippen LogP contribution in [0.2, 0.25) is 0 Å². The van der Waals surface area contributed by atoms with E-state index in [1.54, 1.807) is 30.3 Å². The molecule has 0 aromatic heterocycles. The van der Waals surface area contributed by atoms with Crippen molar-refractivity contribution in [2.75, 3.05) is 17.1 Å². The van der Waals surface area contributed by atoms with Gasteiger partial charge >= 0.3 is 0 Å². The van der Waals surface area contributed by atoms with E-state index in [4.69, 9.17) is 0 Å². The van der Waals surface area contributed by atoms with Crippen molar-refractivity contribution >= 4 is 43.5 Å². The van der Waals surface area contributed by atoms with E-state index in [-0.39, 0.29) is 18.5 Å². The number of sulfonamides is 1. The first-order chi connectivity index (χ1) is 18.7. The molecule has 0 aliphatic heterocycles. The molecule has 1 aliphatic rings. The van der Waals surface area contributed by atoms with Gasteiger partial charge in [0.1, 0.15) is 12.6 Å². The number of carbonyl (C=O) groups is 2. The third-order valence-electron chi connectivity index (χ3n) is 6.94. The molecule has 1 fully saturated rings. The van der Waals surface area contributed by atoms with Gasteiger partial charge in [-0.15, -0.1) is 0 Å². The van der Waals surface area contributed by atoms with E-state index >= 15 is 0 Å². The Labute approximate surface area is 239 Å². The van der Waals surface area contributed by atoms with Crippen LogP contribution in [0, 0.1) is 0 Å². The summed E-state index contributed by atoms with van der Waals surface area (Å²) >= 11 is 3.49. The Bertz CT molecular complexity index is 1360. The van der Waals surface area contributed by atoms with Crippen molar-refractivity contribution in [1.29, 1.82) is 0 Å². The lowest BCUT2D eigenvalue weighted by molar-refractivity contribution is -0.140. The zero-order chi connectivity index (χ0) is 27.8. The molecule has 0 spiro atoms. The third kappa shape index (κ3) is 8.16. The van der Waals surface area contributed by atoms with Crippen LogP contribution in [-0.4, -0.2) is 50.0 Å². The molecule has 0 radical (unpaired) electrons. The zero-order valence-corrected chi connectivity index (χ0v) is 24.4. The van der Waals surface area contributed by atoms with Crippen molar-refractivity contribution < 1.29 is 18.0 Å². The predicted octanol–water partition coefficient (Wildman–Crippen LogP) is 4.91. The Morgan fingerprint density at radius 3 is 2.15 bits per heavy atom. The molecule has 0 heterocycles. The molecule has 1 unspecified atom stereocenters. The van der Waals surface area contributed by atoms with Gasteiger partial charge in [0, 0.05) is 23.5 Å². The highest BCUT2D eigenvalue weighted by Gasteiger charge is 2.34. The molecule has 1 N–H and O–H groups in total. The minimum absolute atomic E-state index is 0.0791. The van der Waals surface area contributed by atoms with Crippen LogP contribution in [0.15, 0.2) is 89.4 Å². The number of amides is 2. The summed E-state index contributed by atoms with van der Waals surface area (Å²) in [7, 11) is -3.77. The van der Waals surface area contributed by atoms with Crippen LogP contribution in [-0.2, 0) is 32.6 Å². The second kappa shape index (κ2) is 13.3. The molecule has 39 heavy (non-hydrogen) atoms. The van der Waals surface area contributed by atoms with Crippen LogP contribution in [0.1, 0.15) is 36.8 Å². The second-order valence-electron chi connectivity index (χ2n) is 9.95. The number of nitrogens with zero attached hydrogens (tertiary/aromatic N) is 2. The number of hydrogen-bond acceptors (Lipinski definition) is 4. The number of benzene rings is 3. The van der Waals surface area contributed by atoms with E-state index < -0.39 is 28.5 Å². The molecule has 0 bridgehead atoms. The van der Waals surface area contributed by atoms with Crippen molar-refractivity contribution in [2.45, 2.75) is 50.7 Å². The SMILES string of the molecule is CS(=O)(=O)N(CC(=O)N(Cc1cccc(Br)c1)C(Cc1ccccc1)C(=O)NC1CCCC1)c1ccccc1. The summed E-state index contributed by atoms with van der Waals surface area (Å²) in [6, 6.07) is 25.0. The molecule has 7 nitrogen and oxygen atoms in total. The number of carbonyl (C=O) groups excluding carboxylic acids is 2. The Kier molecular flexibility index (Phi) is 9.80. The van der Waals surface area contributed by atoms with Crippen LogP contribution in [0.3, 0.4) is 0 Å². The van der Waals surface area contributed by atoms with Gasteiger partial charge in [-0.2, -0.15) is 0 Å². The van der Waals surface area contributed by atoms with Gasteiger partial charge in [-0.1, -0.05) is 89.4 Å². The number of nitrogens with one attached hydrogen (secondary N) is 1. The highest BCUT2D eigenvalue weighted by molar-refractivity contribution is 9.10. The van der Waals surface area contributed by atoms with E-state index in [2.05, 4.69) is 21.2 Å². The standard InChI is InChI=1S/C30H34BrN3O4S/c1-39(37,38)34(27-17-6-3-7-18-27)22-29(35)33(21-24-13-10-14-25(31)19-24)28(20-23-11-4-2-5-12-23)30(36)32-26-15-8-9-16-26/h2-7,10-14,17-19,26,28H,8-9,15-16,20-22H2,1H3,(H,32,36). The molecule has 1 aliphatic carbocycles. The highest BCUT2D eigenvalue weighted by atomic mass is 79.9. The van der Waals surface area contributed by atoms with Crippen molar-refractivity contribution in [1.82, 2.24) is 10.2 Å². The Balaban J connectivity index is 1.71. The number of rotatable bonds is 11. The fourth-order valence-electron chi connectivity index (χ4n) is 4.96. The first kappa shape index (κ1) is 28.8. The van der Waals surface area contributed by atoms with Crippen LogP contribution in [0.4, 0.5) is 5.69 Å². The summed E-state index contributed by atoms with van der Waals surface area (Å²) in [5.41, 5.74) is 2.14. The van der Waals surface area contributed by atoms with Crippen molar-refractivity contribution in [2.24, 2.45) is 0 Å². The lowest BCUT2D eigenvalue weighted by Crippen LogP contribution is -2.54. The number of anilines is 1. The predicted molar refractivity (Wildman–Crippen MR) is 158 cm³/mol. The monoisotopic (exact) mass is 611 g/mol. The maximum absolute atomic E-state index is 14.1. The summed E-state index contributed by atoms with van der Waals surface area (Å²) in [6.45, 7) is -0.265. The Morgan fingerprint density at radius 1 is 0.923 bits per heavy atom. The third-order valence-corrected chi connectivity index (χ3v) is 8.57. The van der Waals surface area contributed by atoms with Crippen molar-refractivity contribution in [3.05, 3.63) is 101 Å². The van der Waals surface area contributed by atoms with Crippen molar-refractivity contribution in [3.63, 3.8) is 0 Å². The van der Waals surface area contributed by atoms with Crippen LogP contribution in [0.5, 0.6) is 0 Å². The first-order valence-corrected chi connectivity index (χ1v) is 15.8. The fraction of sp³-hybridized carbons (Fsp3) is 0.333. The highest BCUT2D eigenvalue weighted by Crippen LogP contribution is 2.23. The minimum Gasteiger partial charge on any atom is -0.352 e. The summed E-state index contributed by atoms with van der Waals surface area (Å²) < 4.78 is 27.5. The molecule has 3 aromatic carbocycles. The van der Waals surface area contributed by atoms with Crippen LogP contribution < -0.4 is 9.62 Å². The summed E-state index contributed by atoms with van der Waals surface area (Å²) in [5, 5.41) is 3.17. The van der Waals surface area contributed by atoms with Gasteiger partial charge in [-0.05, 0) is 48.2 Å². The maximum Gasteiger partial charge on any atom is 0.244 e. The normalized spacial score (nSPS) is 14.5. The largest absolute Gasteiger partial charge is 0.352 e. The molecule has 2 amide bonds. The van der Waals surface area contributed by atoms with E-state index in [1.807, 2.05) is 54.6 Å². The Hall–Kier alpha value is -3.17. The first-order valence-electron chi connectivity index (χ1n) is 13.1. The quantitative estimate of drug-likeness (QED) is 0.334. The molecule has 3 aromatic rings. The molecule has 206 valence electrons. The van der Waals surface area contributed by atoms with Gasteiger partial charge in [0.2, 0.25) is 21.8 Å². The topological polar surface area (TPSA) is 86.8 Å². The smallest absolute Gasteiger partial charge is 0.244 e. The molecule has 0 saturated heterocycles. The van der Waals surface area contributed by atoms with E-state index in [9.17, 15) is 18.0 Å². The molecular weight excluding hydrogens is 578 g/mol. The average Bonchev–Trinajstić information content (AvgIpc) is 3.42. The van der Waals surface area contributed by atoms with E-state index in [1.165, 1.54) is 4.90 Å². The lowest BCUT2D eigenvalue weighted by Gasteiger charge is -2.34. The van der Waals surface area contributed by atoms with Gasteiger partial charge in [0.05, 0.1) is 11.9 Å². The van der Waals surface area contributed by atoms with Gasteiger partial charge < -0.3 is 10.2 Å². The molecule has 1 saturated carbocycles. The molecular formula is C30H34BrN3O4S. The van der Waals surface area contributed by atoms with Gasteiger partial charge in [0.15, 0.2) is 0 Å². The fourth-order valence-corrected chi connectivity index (χ4v) is 6.26. The number of hydrogen-bond donors (Lipinski definition) is 1.